The van der Waals surface area contributed by atoms with Crippen molar-refractivity contribution >= 4 is 26.7 Å². The van der Waals surface area contributed by atoms with Crippen LogP contribution in [0.2, 0.25) is 0 Å². The van der Waals surface area contributed by atoms with E-state index < -0.39 is 10.0 Å². The molecule has 2 aromatic carbocycles. The molecule has 0 atom stereocenters. The zero-order chi connectivity index (χ0) is 15.9. The predicted molar refractivity (Wildman–Crippen MR) is 85.6 cm³/mol. The Hall–Kier alpha value is -2.54. The van der Waals surface area contributed by atoms with Crippen LogP contribution < -0.4 is 10.4 Å². The van der Waals surface area contributed by atoms with Crippen molar-refractivity contribution in [1.82, 2.24) is 9.97 Å². The van der Waals surface area contributed by atoms with Crippen LogP contribution in [0.3, 0.4) is 0 Å². The summed E-state index contributed by atoms with van der Waals surface area (Å²) in [7, 11) is -3.67. The summed E-state index contributed by atoms with van der Waals surface area (Å²) in [6.45, 7) is 3.67. The van der Waals surface area contributed by atoms with Gasteiger partial charge in [0.05, 0.1) is 21.6 Å². The van der Waals surface area contributed by atoms with Gasteiger partial charge in [0, 0.05) is 0 Å². The van der Waals surface area contributed by atoms with E-state index in [1.807, 2.05) is 6.92 Å². The number of imidazole rings is 1. The van der Waals surface area contributed by atoms with E-state index in [4.69, 9.17) is 0 Å². The van der Waals surface area contributed by atoms with Crippen LogP contribution in [0.4, 0.5) is 5.69 Å². The first-order valence-electron chi connectivity index (χ1n) is 6.67. The Balaban J connectivity index is 2.03. The van der Waals surface area contributed by atoms with E-state index in [1.165, 1.54) is 0 Å². The molecule has 7 heteroatoms. The molecule has 0 saturated carbocycles. The van der Waals surface area contributed by atoms with Crippen molar-refractivity contribution < 1.29 is 8.42 Å². The van der Waals surface area contributed by atoms with E-state index in [0.29, 0.717) is 16.7 Å². The van der Waals surface area contributed by atoms with Gasteiger partial charge in [-0.25, -0.2) is 13.2 Å². The Bertz CT molecular complexity index is 999. The van der Waals surface area contributed by atoms with Gasteiger partial charge < -0.3 is 9.97 Å². The number of aromatic nitrogens is 2. The van der Waals surface area contributed by atoms with Crippen molar-refractivity contribution in [3.8, 4) is 0 Å². The second-order valence-corrected chi connectivity index (χ2v) is 6.89. The number of sulfonamides is 1. The van der Waals surface area contributed by atoms with Crippen molar-refractivity contribution in [3.63, 3.8) is 0 Å². The summed E-state index contributed by atoms with van der Waals surface area (Å²) in [5.74, 6) is 0. The molecule has 0 bridgehead atoms. The molecular weight excluding hydrogens is 302 g/mol. The van der Waals surface area contributed by atoms with E-state index in [2.05, 4.69) is 14.7 Å². The zero-order valence-electron chi connectivity index (χ0n) is 12.1. The molecule has 0 fully saturated rings. The van der Waals surface area contributed by atoms with Gasteiger partial charge in [-0.05, 0) is 43.7 Å². The minimum Gasteiger partial charge on any atom is -0.306 e. The van der Waals surface area contributed by atoms with E-state index >= 15 is 0 Å². The molecule has 0 saturated heterocycles. The van der Waals surface area contributed by atoms with E-state index in [0.717, 1.165) is 11.1 Å². The minimum atomic E-state index is -3.67. The van der Waals surface area contributed by atoms with Crippen LogP contribution in [-0.4, -0.2) is 18.4 Å². The first-order valence-corrected chi connectivity index (χ1v) is 8.15. The summed E-state index contributed by atoms with van der Waals surface area (Å²) in [6, 6.07) is 9.93. The fourth-order valence-electron chi connectivity index (χ4n) is 2.22. The highest BCUT2D eigenvalue weighted by atomic mass is 32.2. The quantitative estimate of drug-likeness (QED) is 0.691. The lowest BCUT2D eigenvalue weighted by Crippen LogP contribution is -2.13. The number of rotatable bonds is 3. The van der Waals surface area contributed by atoms with Crippen LogP contribution in [-0.2, 0) is 10.0 Å². The maximum Gasteiger partial charge on any atom is 0.323 e. The number of hydrogen-bond donors (Lipinski definition) is 3. The van der Waals surface area contributed by atoms with Crippen molar-refractivity contribution in [2.75, 3.05) is 4.72 Å². The molecule has 0 amide bonds. The highest BCUT2D eigenvalue weighted by molar-refractivity contribution is 7.92. The van der Waals surface area contributed by atoms with Crippen molar-refractivity contribution in [3.05, 3.63) is 58.0 Å². The van der Waals surface area contributed by atoms with Crippen LogP contribution in [0.25, 0.3) is 11.0 Å². The molecule has 6 nitrogen and oxygen atoms in total. The molecule has 0 spiro atoms. The summed E-state index contributed by atoms with van der Waals surface area (Å²) in [6.07, 6.45) is 0. The number of aromatic amines is 2. The Morgan fingerprint density at radius 2 is 1.55 bits per heavy atom. The number of aryl methyl sites for hydroxylation is 2. The van der Waals surface area contributed by atoms with Gasteiger partial charge in [-0.3, -0.25) is 4.72 Å². The first kappa shape index (κ1) is 14.4. The number of hydrogen-bond acceptors (Lipinski definition) is 3. The molecule has 0 aliphatic heterocycles. The summed E-state index contributed by atoms with van der Waals surface area (Å²) in [4.78, 5) is 16.7. The summed E-state index contributed by atoms with van der Waals surface area (Å²) in [5.41, 5.74) is 3.01. The van der Waals surface area contributed by atoms with E-state index in [-0.39, 0.29) is 10.6 Å². The van der Waals surface area contributed by atoms with Gasteiger partial charge in [-0.1, -0.05) is 17.7 Å². The third kappa shape index (κ3) is 2.62. The number of nitrogens with one attached hydrogen (secondary N) is 3. The topological polar surface area (TPSA) is 94.8 Å². The third-order valence-corrected chi connectivity index (χ3v) is 4.82. The van der Waals surface area contributed by atoms with Crippen LogP contribution in [0.1, 0.15) is 11.1 Å². The van der Waals surface area contributed by atoms with Crippen LogP contribution in [0.5, 0.6) is 0 Å². The average molecular weight is 317 g/mol. The Labute approximate surface area is 127 Å². The van der Waals surface area contributed by atoms with Crippen molar-refractivity contribution in [2.24, 2.45) is 0 Å². The summed E-state index contributed by atoms with van der Waals surface area (Å²) < 4.78 is 27.4. The van der Waals surface area contributed by atoms with Gasteiger partial charge in [-0.15, -0.1) is 0 Å². The number of benzene rings is 2. The predicted octanol–water partition coefficient (Wildman–Crippen LogP) is 2.27. The molecular formula is C15H15N3O3S. The standard InChI is InChI=1S/C15H15N3O3S/c1-9-3-5-11(6-4-9)22(20,21)18-12-8-14-13(7-10(12)2)16-15(19)17-14/h3-8,18H,1-2H3,(H2,16,17,19). The fraction of sp³-hybridized carbons (Fsp3) is 0.133. The van der Waals surface area contributed by atoms with E-state index in [1.54, 1.807) is 43.3 Å². The maximum absolute atomic E-state index is 12.4. The van der Waals surface area contributed by atoms with E-state index in [9.17, 15) is 13.2 Å². The molecule has 1 aromatic heterocycles. The number of H-pyrrole nitrogens is 2. The van der Waals surface area contributed by atoms with Gasteiger partial charge in [-0.2, -0.15) is 0 Å². The molecule has 3 N–H and O–H groups in total. The van der Waals surface area contributed by atoms with Gasteiger partial charge in [0.1, 0.15) is 0 Å². The number of anilines is 1. The molecule has 0 aliphatic carbocycles. The molecule has 3 aromatic rings. The van der Waals surface area contributed by atoms with Gasteiger partial charge in [0.25, 0.3) is 10.0 Å². The molecule has 0 aliphatic rings. The summed E-state index contributed by atoms with van der Waals surface area (Å²) in [5, 5.41) is 0. The lowest BCUT2D eigenvalue weighted by atomic mass is 10.2. The Kier molecular flexibility index (Phi) is 3.29. The summed E-state index contributed by atoms with van der Waals surface area (Å²) >= 11 is 0. The Morgan fingerprint density at radius 3 is 2.18 bits per heavy atom. The van der Waals surface area contributed by atoms with Crippen LogP contribution in [0.15, 0.2) is 46.1 Å². The fourth-order valence-corrected chi connectivity index (χ4v) is 3.34. The Morgan fingerprint density at radius 1 is 0.955 bits per heavy atom. The van der Waals surface area contributed by atoms with Crippen LogP contribution >= 0.6 is 0 Å². The van der Waals surface area contributed by atoms with Gasteiger partial charge in [0.15, 0.2) is 0 Å². The average Bonchev–Trinajstić information content (AvgIpc) is 2.78. The first-order chi connectivity index (χ1) is 10.3. The lowest BCUT2D eigenvalue weighted by Gasteiger charge is -2.11. The molecule has 3 rings (SSSR count). The lowest BCUT2D eigenvalue weighted by molar-refractivity contribution is 0.601. The van der Waals surface area contributed by atoms with Crippen molar-refractivity contribution in [2.45, 2.75) is 18.7 Å². The largest absolute Gasteiger partial charge is 0.323 e. The normalized spacial score (nSPS) is 11.7. The molecule has 0 radical (unpaired) electrons. The highest BCUT2D eigenvalue weighted by Gasteiger charge is 2.15. The van der Waals surface area contributed by atoms with Crippen LogP contribution in [0, 0.1) is 13.8 Å². The molecule has 22 heavy (non-hydrogen) atoms. The zero-order valence-corrected chi connectivity index (χ0v) is 12.9. The minimum absolute atomic E-state index is 0.195. The monoisotopic (exact) mass is 317 g/mol. The molecule has 0 unspecified atom stereocenters. The third-order valence-electron chi connectivity index (χ3n) is 3.44. The smallest absolute Gasteiger partial charge is 0.306 e. The van der Waals surface area contributed by atoms with Gasteiger partial charge >= 0.3 is 5.69 Å². The second kappa shape index (κ2) is 5.03. The molecule has 1 heterocycles. The van der Waals surface area contributed by atoms with Gasteiger partial charge in [0.2, 0.25) is 0 Å². The maximum atomic E-state index is 12.4. The van der Waals surface area contributed by atoms with Crippen molar-refractivity contribution in [1.29, 1.82) is 0 Å². The number of fused-ring (bicyclic) bond motifs is 1. The SMILES string of the molecule is Cc1ccc(S(=O)(=O)Nc2cc3[nH]c(=O)[nH]c3cc2C)cc1. The highest BCUT2D eigenvalue weighted by Crippen LogP contribution is 2.23. The molecule has 114 valence electrons. The second-order valence-electron chi connectivity index (χ2n) is 5.21.